The minimum absolute atomic E-state index is 0.260. The molecule has 1 unspecified atom stereocenters. The highest BCUT2D eigenvalue weighted by Crippen LogP contribution is 2.37. The molecule has 148 valence electrons. The predicted molar refractivity (Wildman–Crippen MR) is 114 cm³/mol. The van der Waals surface area contributed by atoms with Crippen LogP contribution < -0.4 is 9.47 Å². The van der Waals surface area contributed by atoms with Gasteiger partial charge in [0.25, 0.3) is 0 Å². The largest absolute Gasteiger partial charge is 0.497 e. The summed E-state index contributed by atoms with van der Waals surface area (Å²) in [5, 5.41) is 10.2. The molecule has 0 radical (unpaired) electrons. The van der Waals surface area contributed by atoms with Crippen LogP contribution in [0.1, 0.15) is 18.1 Å². The van der Waals surface area contributed by atoms with Crippen molar-refractivity contribution >= 4 is 5.97 Å². The van der Waals surface area contributed by atoms with E-state index in [2.05, 4.69) is 6.58 Å². The number of hydrogen-bond acceptors (Lipinski definition) is 3. The van der Waals surface area contributed by atoms with E-state index in [0.717, 1.165) is 11.3 Å². The van der Waals surface area contributed by atoms with Crippen LogP contribution in [0.3, 0.4) is 0 Å². The van der Waals surface area contributed by atoms with E-state index in [4.69, 9.17) is 9.47 Å². The highest BCUT2D eigenvalue weighted by Gasteiger charge is 2.41. The summed E-state index contributed by atoms with van der Waals surface area (Å²) in [6, 6.07) is 24.1. The molecule has 0 saturated heterocycles. The Bertz CT molecular complexity index is 977. The summed E-state index contributed by atoms with van der Waals surface area (Å²) in [7, 11) is 1.58. The number of benzene rings is 3. The SMILES string of the molecule is C=C(C)C(Cc1cccc(Oc2ccccc2)c1)(C(=O)O)c1ccc(OC)cc1. The van der Waals surface area contributed by atoms with Gasteiger partial charge in [-0.2, -0.15) is 0 Å². The molecule has 0 amide bonds. The van der Waals surface area contributed by atoms with Gasteiger partial charge in [-0.05, 0) is 60.9 Å². The van der Waals surface area contributed by atoms with Crippen LogP contribution in [-0.4, -0.2) is 18.2 Å². The van der Waals surface area contributed by atoms with Gasteiger partial charge in [-0.15, -0.1) is 0 Å². The number of carboxylic acid groups (broad SMARTS) is 1. The summed E-state index contributed by atoms with van der Waals surface area (Å²) in [5.74, 6) is 1.12. The van der Waals surface area contributed by atoms with Crippen molar-refractivity contribution in [1.29, 1.82) is 0 Å². The highest BCUT2D eigenvalue weighted by atomic mass is 16.5. The molecule has 3 aromatic carbocycles. The molecule has 4 heteroatoms. The molecule has 1 atom stereocenters. The smallest absolute Gasteiger partial charge is 0.318 e. The fourth-order valence-electron chi connectivity index (χ4n) is 3.41. The molecule has 1 N–H and O–H groups in total. The Morgan fingerprint density at radius 3 is 2.17 bits per heavy atom. The Hall–Kier alpha value is -3.53. The molecule has 4 nitrogen and oxygen atoms in total. The molecule has 3 aromatic rings. The topological polar surface area (TPSA) is 55.8 Å². The molecule has 3 rings (SSSR count). The Morgan fingerprint density at radius 2 is 1.59 bits per heavy atom. The van der Waals surface area contributed by atoms with Gasteiger partial charge in [0.2, 0.25) is 0 Å². The van der Waals surface area contributed by atoms with Crippen molar-refractivity contribution in [2.24, 2.45) is 0 Å². The zero-order valence-electron chi connectivity index (χ0n) is 16.6. The lowest BCUT2D eigenvalue weighted by Crippen LogP contribution is -2.39. The third-order valence-electron chi connectivity index (χ3n) is 5.02. The molecule has 0 fully saturated rings. The summed E-state index contributed by atoms with van der Waals surface area (Å²) in [6.07, 6.45) is 0.260. The molecule has 0 bridgehead atoms. The second-order valence-corrected chi connectivity index (χ2v) is 6.96. The van der Waals surface area contributed by atoms with Crippen molar-refractivity contribution in [3.8, 4) is 17.2 Å². The number of carboxylic acids is 1. The minimum Gasteiger partial charge on any atom is -0.497 e. The van der Waals surface area contributed by atoms with E-state index in [1.54, 1.807) is 38.3 Å². The van der Waals surface area contributed by atoms with Crippen molar-refractivity contribution in [1.82, 2.24) is 0 Å². The van der Waals surface area contributed by atoms with Gasteiger partial charge in [0.15, 0.2) is 0 Å². The Labute approximate surface area is 171 Å². The summed E-state index contributed by atoms with van der Waals surface area (Å²) in [6.45, 7) is 5.76. The first kappa shape index (κ1) is 20.2. The maximum absolute atomic E-state index is 12.5. The number of rotatable bonds is 8. The number of para-hydroxylation sites is 1. The molecule has 0 aliphatic heterocycles. The summed E-state index contributed by atoms with van der Waals surface area (Å²) in [4.78, 5) is 12.5. The van der Waals surface area contributed by atoms with Gasteiger partial charge in [0.05, 0.1) is 7.11 Å². The third kappa shape index (κ3) is 4.32. The summed E-state index contributed by atoms with van der Waals surface area (Å²) < 4.78 is 11.1. The van der Waals surface area contributed by atoms with Crippen LogP contribution >= 0.6 is 0 Å². The normalized spacial score (nSPS) is 12.6. The second-order valence-electron chi connectivity index (χ2n) is 6.96. The van der Waals surface area contributed by atoms with Crippen LogP contribution in [0, 0.1) is 0 Å². The molecule has 0 aliphatic rings. The standard InChI is InChI=1S/C25H24O4/c1-18(2)25(24(26)27,20-12-14-21(28-3)15-13-20)17-19-8-7-11-23(16-19)29-22-9-5-4-6-10-22/h4-16H,1,17H2,2-3H3,(H,26,27). The van der Waals surface area contributed by atoms with E-state index in [-0.39, 0.29) is 6.42 Å². The fraction of sp³-hybridized carbons (Fsp3) is 0.160. The lowest BCUT2D eigenvalue weighted by Gasteiger charge is -2.31. The van der Waals surface area contributed by atoms with Gasteiger partial charge in [-0.1, -0.05) is 54.6 Å². The van der Waals surface area contributed by atoms with Gasteiger partial charge in [-0.3, -0.25) is 4.79 Å². The maximum atomic E-state index is 12.5. The lowest BCUT2D eigenvalue weighted by molar-refractivity contribution is -0.142. The third-order valence-corrected chi connectivity index (χ3v) is 5.02. The van der Waals surface area contributed by atoms with Crippen LogP contribution in [-0.2, 0) is 16.6 Å². The van der Waals surface area contributed by atoms with Crippen LogP contribution in [0.25, 0.3) is 0 Å². The molecule has 0 aromatic heterocycles. The quantitative estimate of drug-likeness (QED) is 0.508. The number of methoxy groups -OCH3 is 1. The Balaban J connectivity index is 1.97. The lowest BCUT2D eigenvalue weighted by atomic mass is 9.71. The molecular formula is C25H24O4. The van der Waals surface area contributed by atoms with Gasteiger partial charge < -0.3 is 14.6 Å². The average Bonchev–Trinajstić information content (AvgIpc) is 2.73. The van der Waals surface area contributed by atoms with E-state index in [0.29, 0.717) is 22.6 Å². The summed E-state index contributed by atoms with van der Waals surface area (Å²) >= 11 is 0. The van der Waals surface area contributed by atoms with E-state index in [1.807, 2.05) is 54.6 Å². The summed E-state index contributed by atoms with van der Waals surface area (Å²) in [5.41, 5.74) is 0.814. The first-order valence-electron chi connectivity index (χ1n) is 9.31. The van der Waals surface area contributed by atoms with Crippen LogP contribution in [0.4, 0.5) is 0 Å². The molecule has 0 aliphatic carbocycles. The van der Waals surface area contributed by atoms with Crippen LogP contribution in [0.5, 0.6) is 17.2 Å². The van der Waals surface area contributed by atoms with Crippen molar-refractivity contribution < 1.29 is 19.4 Å². The van der Waals surface area contributed by atoms with E-state index in [1.165, 1.54) is 0 Å². The predicted octanol–water partition coefficient (Wildman–Crippen LogP) is 5.63. The van der Waals surface area contributed by atoms with Gasteiger partial charge in [0, 0.05) is 0 Å². The number of hydrogen-bond donors (Lipinski definition) is 1. The number of aliphatic carboxylic acids is 1. The molecule has 29 heavy (non-hydrogen) atoms. The zero-order chi connectivity index (χ0) is 20.9. The highest BCUT2D eigenvalue weighted by molar-refractivity contribution is 5.86. The second kappa shape index (κ2) is 8.65. The van der Waals surface area contributed by atoms with E-state index >= 15 is 0 Å². The molecular weight excluding hydrogens is 364 g/mol. The van der Waals surface area contributed by atoms with Gasteiger partial charge in [-0.25, -0.2) is 0 Å². The molecule has 0 saturated carbocycles. The van der Waals surface area contributed by atoms with Crippen molar-refractivity contribution in [2.75, 3.05) is 7.11 Å². The number of carbonyl (C=O) groups is 1. The van der Waals surface area contributed by atoms with Gasteiger partial charge >= 0.3 is 5.97 Å². The number of ether oxygens (including phenoxy) is 2. The van der Waals surface area contributed by atoms with Crippen LogP contribution in [0.2, 0.25) is 0 Å². The fourth-order valence-corrected chi connectivity index (χ4v) is 3.41. The zero-order valence-corrected chi connectivity index (χ0v) is 16.6. The first-order valence-corrected chi connectivity index (χ1v) is 9.31. The first-order chi connectivity index (χ1) is 14.0. The monoisotopic (exact) mass is 388 g/mol. The average molecular weight is 388 g/mol. The van der Waals surface area contributed by atoms with Crippen LogP contribution in [0.15, 0.2) is 91.0 Å². The van der Waals surface area contributed by atoms with E-state index < -0.39 is 11.4 Å². The van der Waals surface area contributed by atoms with Gasteiger partial charge in [0.1, 0.15) is 22.7 Å². The Morgan fingerprint density at radius 1 is 0.931 bits per heavy atom. The molecule has 0 spiro atoms. The maximum Gasteiger partial charge on any atom is 0.318 e. The van der Waals surface area contributed by atoms with E-state index in [9.17, 15) is 9.90 Å². The van der Waals surface area contributed by atoms with Crippen molar-refractivity contribution in [2.45, 2.75) is 18.8 Å². The van der Waals surface area contributed by atoms with Crippen molar-refractivity contribution in [3.63, 3.8) is 0 Å². The molecule has 0 heterocycles. The Kier molecular flexibility index (Phi) is 6.03. The minimum atomic E-state index is -1.25. The van der Waals surface area contributed by atoms with Crippen molar-refractivity contribution in [3.05, 3.63) is 102 Å².